The molecule has 1 aromatic carbocycles. The van der Waals surface area contributed by atoms with E-state index in [1.165, 1.54) is 0 Å². The van der Waals surface area contributed by atoms with Crippen LogP contribution in [-0.2, 0) is 11.3 Å². The van der Waals surface area contributed by atoms with Crippen molar-refractivity contribution < 1.29 is 9.53 Å². The van der Waals surface area contributed by atoms with Gasteiger partial charge in [0.05, 0.1) is 7.11 Å². The maximum Gasteiger partial charge on any atom is 0.223 e. The molecule has 0 aromatic heterocycles. The molecule has 2 saturated carbocycles. The molecule has 1 aromatic rings. The molecule has 0 heterocycles. The third-order valence-corrected chi connectivity index (χ3v) is 5.72. The van der Waals surface area contributed by atoms with Crippen molar-refractivity contribution >= 4 is 27.8 Å². The maximum atomic E-state index is 12.4. The Morgan fingerprint density at radius 1 is 1.22 bits per heavy atom. The number of nitrogens with zero attached hydrogens (tertiary/aromatic N) is 1. The van der Waals surface area contributed by atoms with E-state index in [0.29, 0.717) is 12.6 Å². The molecule has 2 aliphatic carbocycles. The summed E-state index contributed by atoms with van der Waals surface area (Å²) >= 11 is 3.50. The molecular formula is C20H29BrN4O2. The highest BCUT2D eigenvalue weighted by Crippen LogP contribution is 2.27. The van der Waals surface area contributed by atoms with Crippen LogP contribution in [0.2, 0.25) is 0 Å². The van der Waals surface area contributed by atoms with Gasteiger partial charge in [-0.3, -0.25) is 9.79 Å². The third kappa shape index (κ3) is 5.86. The quantitative estimate of drug-likeness (QED) is 0.473. The zero-order valence-electron chi connectivity index (χ0n) is 16.1. The molecule has 0 bridgehead atoms. The molecule has 2 aliphatic rings. The molecule has 2 fully saturated rings. The zero-order valence-corrected chi connectivity index (χ0v) is 17.6. The molecule has 148 valence electrons. The SMILES string of the molecule is CN=C(NCc1cc(Br)ccc1OC)NC1CCCC(C(=O)NC2CC2)C1. The van der Waals surface area contributed by atoms with Gasteiger partial charge < -0.3 is 20.7 Å². The normalized spacial score (nSPS) is 22.9. The van der Waals surface area contributed by atoms with Gasteiger partial charge >= 0.3 is 0 Å². The molecule has 0 radical (unpaired) electrons. The Labute approximate surface area is 169 Å². The second kappa shape index (κ2) is 9.44. The molecule has 0 spiro atoms. The number of hydrogen-bond acceptors (Lipinski definition) is 3. The first-order valence-corrected chi connectivity index (χ1v) is 10.5. The molecular weight excluding hydrogens is 408 g/mol. The third-order valence-electron chi connectivity index (χ3n) is 5.22. The van der Waals surface area contributed by atoms with E-state index in [1.54, 1.807) is 14.2 Å². The van der Waals surface area contributed by atoms with Crippen LogP contribution in [0.4, 0.5) is 0 Å². The van der Waals surface area contributed by atoms with E-state index < -0.39 is 0 Å². The Balaban J connectivity index is 1.52. The lowest BCUT2D eigenvalue weighted by atomic mass is 9.85. The van der Waals surface area contributed by atoms with E-state index in [4.69, 9.17) is 4.74 Å². The van der Waals surface area contributed by atoms with Crippen LogP contribution in [0.1, 0.15) is 44.1 Å². The van der Waals surface area contributed by atoms with Crippen LogP contribution in [-0.4, -0.2) is 38.1 Å². The molecule has 0 aliphatic heterocycles. The van der Waals surface area contributed by atoms with Gasteiger partial charge in [-0.1, -0.05) is 22.4 Å². The average molecular weight is 437 g/mol. The molecule has 3 rings (SSSR count). The molecule has 6 nitrogen and oxygen atoms in total. The highest BCUT2D eigenvalue weighted by Gasteiger charge is 2.31. The standard InChI is InChI=1S/C20H29BrN4O2/c1-22-20(23-12-14-10-15(21)6-9-18(14)27-2)25-17-5-3-4-13(11-17)19(26)24-16-7-8-16/h6,9-10,13,16-17H,3-5,7-8,11-12H2,1-2H3,(H,24,26)(H2,22,23,25). The zero-order chi connectivity index (χ0) is 19.2. The molecule has 27 heavy (non-hydrogen) atoms. The molecule has 7 heteroatoms. The Kier molecular flexibility index (Phi) is 6.99. The number of ether oxygens (including phenoxy) is 1. The Bertz CT molecular complexity index is 691. The molecule has 2 atom stereocenters. The minimum atomic E-state index is 0.111. The summed E-state index contributed by atoms with van der Waals surface area (Å²) in [5, 5.41) is 9.99. The fourth-order valence-corrected chi connectivity index (χ4v) is 3.97. The predicted octanol–water partition coefficient (Wildman–Crippen LogP) is 2.96. The summed E-state index contributed by atoms with van der Waals surface area (Å²) in [6.45, 7) is 0.612. The highest BCUT2D eigenvalue weighted by atomic mass is 79.9. The van der Waals surface area contributed by atoms with Crippen LogP contribution < -0.4 is 20.7 Å². The molecule has 0 saturated heterocycles. The van der Waals surface area contributed by atoms with Crippen LogP contribution in [0, 0.1) is 5.92 Å². The van der Waals surface area contributed by atoms with Gasteiger partial charge in [-0.15, -0.1) is 0 Å². The van der Waals surface area contributed by atoms with Crippen molar-refractivity contribution in [1.82, 2.24) is 16.0 Å². The number of guanidine groups is 1. The van der Waals surface area contributed by atoms with E-state index in [-0.39, 0.29) is 17.9 Å². The molecule has 2 unspecified atom stereocenters. The van der Waals surface area contributed by atoms with Crippen LogP contribution >= 0.6 is 15.9 Å². The van der Waals surface area contributed by atoms with Gasteiger partial charge in [-0.05, 0) is 50.3 Å². The van der Waals surface area contributed by atoms with Crippen LogP contribution in [0.5, 0.6) is 5.75 Å². The van der Waals surface area contributed by atoms with Gasteiger partial charge in [-0.25, -0.2) is 0 Å². The van der Waals surface area contributed by atoms with E-state index in [2.05, 4.69) is 36.9 Å². The van der Waals surface area contributed by atoms with Crippen molar-refractivity contribution in [2.75, 3.05) is 14.2 Å². The van der Waals surface area contributed by atoms with Crippen LogP contribution in [0.15, 0.2) is 27.7 Å². The number of carbonyl (C=O) groups is 1. The number of aliphatic imine (C=N–C) groups is 1. The number of rotatable bonds is 6. The van der Waals surface area contributed by atoms with Crippen molar-refractivity contribution in [3.63, 3.8) is 0 Å². The van der Waals surface area contributed by atoms with Crippen molar-refractivity contribution in [1.29, 1.82) is 0 Å². The van der Waals surface area contributed by atoms with Crippen molar-refractivity contribution in [3.05, 3.63) is 28.2 Å². The summed E-state index contributed by atoms with van der Waals surface area (Å²) in [5.74, 6) is 1.94. The number of carbonyl (C=O) groups excluding carboxylic acids is 1. The molecule has 3 N–H and O–H groups in total. The summed E-state index contributed by atoms with van der Waals surface area (Å²) in [7, 11) is 3.45. The summed E-state index contributed by atoms with van der Waals surface area (Å²) in [6.07, 6.45) is 6.24. The molecule has 1 amide bonds. The summed E-state index contributed by atoms with van der Waals surface area (Å²) in [5.41, 5.74) is 1.06. The van der Waals surface area contributed by atoms with Gasteiger partial charge in [0.15, 0.2) is 5.96 Å². The Morgan fingerprint density at radius 3 is 2.74 bits per heavy atom. The van der Waals surface area contributed by atoms with E-state index in [0.717, 1.165) is 60.3 Å². The van der Waals surface area contributed by atoms with Crippen molar-refractivity contribution in [2.24, 2.45) is 10.9 Å². The topological polar surface area (TPSA) is 74.8 Å². The minimum absolute atomic E-state index is 0.111. The minimum Gasteiger partial charge on any atom is -0.496 e. The fraction of sp³-hybridized carbons (Fsp3) is 0.600. The van der Waals surface area contributed by atoms with Crippen molar-refractivity contribution in [3.8, 4) is 5.75 Å². The van der Waals surface area contributed by atoms with Gasteiger partial charge in [0.25, 0.3) is 0 Å². The van der Waals surface area contributed by atoms with Gasteiger partial charge in [-0.2, -0.15) is 0 Å². The predicted molar refractivity (Wildman–Crippen MR) is 111 cm³/mol. The second-order valence-corrected chi connectivity index (χ2v) is 8.29. The lowest BCUT2D eigenvalue weighted by Gasteiger charge is -2.30. The van der Waals surface area contributed by atoms with E-state index >= 15 is 0 Å². The monoisotopic (exact) mass is 436 g/mol. The van der Waals surface area contributed by atoms with E-state index in [9.17, 15) is 4.79 Å². The van der Waals surface area contributed by atoms with Crippen LogP contribution in [0.25, 0.3) is 0 Å². The Hall–Kier alpha value is -1.76. The lowest BCUT2D eigenvalue weighted by Crippen LogP contribution is -2.47. The highest BCUT2D eigenvalue weighted by molar-refractivity contribution is 9.10. The number of methoxy groups -OCH3 is 1. The summed E-state index contributed by atoms with van der Waals surface area (Å²) in [4.78, 5) is 16.7. The van der Waals surface area contributed by atoms with Crippen molar-refractivity contribution in [2.45, 2.75) is 57.2 Å². The number of nitrogens with one attached hydrogen (secondary N) is 3. The number of benzene rings is 1. The lowest BCUT2D eigenvalue weighted by molar-refractivity contribution is -0.126. The number of halogens is 1. The van der Waals surface area contributed by atoms with Gasteiger partial charge in [0, 0.05) is 41.6 Å². The first-order valence-electron chi connectivity index (χ1n) is 9.69. The van der Waals surface area contributed by atoms with E-state index in [1.807, 2.05) is 18.2 Å². The number of amides is 1. The summed E-state index contributed by atoms with van der Waals surface area (Å²) in [6, 6.07) is 6.65. The fourth-order valence-electron chi connectivity index (χ4n) is 3.56. The Morgan fingerprint density at radius 2 is 2.04 bits per heavy atom. The number of hydrogen-bond donors (Lipinski definition) is 3. The second-order valence-electron chi connectivity index (χ2n) is 7.37. The summed E-state index contributed by atoms with van der Waals surface area (Å²) < 4.78 is 6.44. The van der Waals surface area contributed by atoms with Gasteiger partial charge in [0.2, 0.25) is 5.91 Å². The first-order chi connectivity index (χ1) is 13.1. The van der Waals surface area contributed by atoms with Crippen LogP contribution in [0.3, 0.4) is 0 Å². The first kappa shape index (κ1) is 20.0. The smallest absolute Gasteiger partial charge is 0.223 e. The maximum absolute atomic E-state index is 12.4. The van der Waals surface area contributed by atoms with Gasteiger partial charge in [0.1, 0.15) is 5.75 Å². The average Bonchev–Trinajstić information content (AvgIpc) is 3.49. The largest absolute Gasteiger partial charge is 0.496 e.